The van der Waals surface area contributed by atoms with Gasteiger partial charge in [-0.2, -0.15) is 0 Å². The van der Waals surface area contributed by atoms with E-state index in [1.54, 1.807) is 32.2 Å². The van der Waals surface area contributed by atoms with E-state index in [9.17, 15) is 4.79 Å². The fourth-order valence-electron chi connectivity index (χ4n) is 1.07. The van der Waals surface area contributed by atoms with E-state index in [1.165, 1.54) is 0 Å². The van der Waals surface area contributed by atoms with Crippen molar-refractivity contribution in [1.82, 2.24) is 4.98 Å². The number of nitrogens with two attached hydrogens (primary N) is 1. The van der Waals surface area contributed by atoms with E-state index in [4.69, 9.17) is 10.5 Å². The molecule has 0 bridgehead atoms. The first-order valence-electron chi connectivity index (χ1n) is 4.56. The third-order valence-corrected chi connectivity index (χ3v) is 2.45. The van der Waals surface area contributed by atoms with Crippen LogP contribution in [-0.4, -0.2) is 17.6 Å². The molecule has 0 amide bonds. The molecule has 1 rings (SSSR count). The van der Waals surface area contributed by atoms with Gasteiger partial charge in [-0.05, 0) is 26.0 Å². The topological polar surface area (TPSA) is 65.2 Å². The van der Waals surface area contributed by atoms with Crippen LogP contribution in [-0.2, 0) is 15.1 Å². The smallest absolute Gasteiger partial charge is 0.332 e. The van der Waals surface area contributed by atoms with Crippen LogP contribution >= 0.6 is 15.9 Å². The van der Waals surface area contributed by atoms with E-state index in [-0.39, 0.29) is 0 Å². The molecule has 5 heteroatoms. The van der Waals surface area contributed by atoms with Crippen molar-refractivity contribution in [3.05, 3.63) is 28.5 Å². The summed E-state index contributed by atoms with van der Waals surface area (Å²) < 4.78 is 5.71. The molecule has 15 heavy (non-hydrogen) atoms. The van der Waals surface area contributed by atoms with Gasteiger partial charge in [-0.15, -0.1) is 0 Å². The summed E-state index contributed by atoms with van der Waals surface area (Å²) in [5, 5.41) is 0. The number of nitrogens with zero attached hydrogens (tertiary/aromatic N) is 1. The fourth-order valence-corrected chi connectivity index (χ4v) is 1.41. The van der Waals surface area contributed by atoms with Gasteiger partial charge >= 0.3 is 5.97 Å². The number of carbonyl (C=O) groups excluding carboxylic acids is 1. The van der Waals surface area contributed by atoms with E-state index in [1.807, 2.05) is 0 Å². The Labute approximate surface area is 97.0 Å². The normalized spacial score (nSPS) is 14.4. The van der Waals surface area contributed by atoms with E-state index in [2.05, 4.69) is 20.9 Å². The Morgan fingerprint density at radius 3 is 2.93 bits per heavy atom. The highest BCUT2D eigenvalue weighted by Gasteiger charge is 2.33. The van der Waals surface area contributed by atoms with Gasteiger partial charge in [-0.1, -0.05) is 15.9 Å². The Kier molecular flexibility index (Phi) is 3.82. The highest BCUT2D eigenvalue weighted by molar-refractivity contribution is 9.10. The summed E-state index contributed by atoms with van der Waals surface area (Å²) >= 11 is 3.30. The number of carbonyl (C=O) groups is 1. The molecular formula is C10H13BrN2O2. The Morgan fingerprint density at radius 1 is 1.73 bits per heavy atom. The molecule has 0 saturated heterocycles. The van der Waals surface area contributed by atoms with E-state index >= 15 is 0 Å². The lowest BCUT2D eigenvalue weighted by Crippen LogP contribution is -2.43. The molecule has 1 unspecified atom stereocenters. The van der Waals surface area contributed by atoms with Gasteiger partial charge < -0.3 is 10.5 Å². The number of aromatic nitrogens is 1. The maximum absolute atomic E-state index is 11.6. The van der Waals surface area contributed by atoms with Gasteiger partial charge in [0.05, 0.1) is 12.3 Å². The van der Waals surface area contributed by atoms with Gasteiger partial charge in [0.15, 0.2) is 5.54 Å². The van der Waals surface area contributed by atoms with Crippen molar-refractivity contribution in [1.29, 1.82) is 0 Å². The van der Waals surface area contributed by atoms with Gasteiger partial charge in [0.2, 0.25) is 0 Å². The molecule has 0 aliphatic rings. The number of pyridine rings is 1. The molecule has 1 heterocycles. The Bertz CT molecular complexity index is 366. The predicted octanol–water partition coefficient (Wildman–Crippen LogP) is 1.58. The largest absolute Gasteiger partial charge is 0.464 e. The van der Waals surface area contributed by atoms with Crippen LogP contribution in [0.5, 0.6) is 0 Å². The second-order valence-electron chi connectivity index (χ2n) is 3.28. The zero-order valence-electron chi connectivity index (χ0n) is 8.66. The number of halogens is 1. The fraction of sp³-hybridized carbons (Fsp3) is 0.400. The number of ether oxygens (including phenoxy) is 1. The molecule has 0 aliphatic heterocycles. The van der Waals surface area contributed by atoms with Crippen molar-refractivity contribution in [2.75, 3.05) is 6.61 Å². The highest BCUT2D eigenvalue weighted by atomic mass is 79.9. The van der Waals surface area contributed by atoms with Crippen molar-refractivity contribution in [3.8, 4) is 0 Å². The average Bonchev–Trinajstić information content (AvgIpc) is 2.18. The summed E-state index contributed by atoms with van der Waals surface area (Å²) in [5.74, 6) is -0.476. The Balaban J connectivity index is 2.99. The van der Waals surface area contributed by atoms with Gasteiger partial charge in [0.25, 0.3) is 0 Å². The molecule has 0 radical (unpaired) electrons. The summed E-state index contributed by atoms with van der Waals surface area (Å²) in [6.45, 7) is 3.63. The third-order valence-electron chi connectivity index (χ3n) is 1.95. The quantitative estimate of drug-likeness (QED) is 0.849. The zero-order valence-corrected chi connectivity index (χ0v) is 10.2. The standard InChI is InChI=1S/C10H13BrN2O2/c1-3-15-9(14)10(2,12)8-6-7(11)4-5-13-8/h4-6H,3,12H2,1-2H3. The van der Waals surface area contributed by atoms with Crippen molar-refractivity contribution in [2.45, 2.75) is 19.4 Å². The maximum atomic E-state index is 11.6. The monoisotopic (exact) mass is 272 g/mol. The number of hydrogen-bond donors (Lipinski definition) is 1. The molecule has 1 atom stereocenters. The van der Waals surface area contributed by atoms with E-state index < -0.39 is 11.5 Å². The Hall–Kier alpha value is -0.940. The maximum Gasteiger partial charge on any atom is 0.332 e. The summed E-state index contributed by atoms with van der Waals surface area (Å²) in [6, 6.07) is 3.47. The molecule has 0 fully saturated rings. The molecule has 0 saturated carbocycles. The van der Waals surface area contributed by atoms with Crippen LogP contribution in [0, 0.1) is 0 Å². The van der Waals surface area contributed by atoms with Gasteiger partial charge in [0, 0.05) is 10.7 Å². The SMILES string of the molecule is CCOC(=O)C(C)(N)c1cc(Br)ccn1. The molecule has 1 aromatic heterocycles. The zero-order chi connectivity index (χ0) is 11.5. The van der Waals surface area contributed by atoms with Crippen LogP contribution in [0.1, 0.15) is 19.5 Å². The lowest BCUT2D eigenvalue weighted by atomic mass is 9.99. The molecule has 0 spiro atoms. The third kappa shape index (κ3) is 2.76. The summed E-state index contributed by atoms with van der Waals surface area (Å²) in [7, 11) is 0. The van der Waals surface area contributed by atoms with Crippen molar-refractivity contribution >= 4 is 21.9 Å². The lowest BCUT2D eigenvalue weighted by molar-refractivity contribution is -0.149. The number of hydrogen-bond acceptors (Lipinski definition) is 4. The minimum Gasteiger partial charge on any atom is -0.464 e. The van der Waals surface area contributed by atoms with Crippen molar-refractivity contribution < 1.29 is 9.53 Å². The second-order valence-corrected chi connectivity index (χ2v) is 4.20. The average molecular weight is 273 g/mol. The number of esters is 1. The molecule has 0 aliphatic carbocycles. The van der Waals surface area contributed by atoms with Crippen LogP contribution in [0.2, 0.25) is 0 Å². The molecule has 4 nitrogen and oxygen atoms in total. The Morgan fingerprint density at radius 2 is 2.40 bits per heavy atom. The van der Waals surface area contributed by atoms with Gasteiger partial charge in [0.1, 0.15) is 0 Å². The summed E-state index contributed by atoms with van der Waals surface area (Å²) in [5.41, 5.74) is 5.15. The van der Waals surface area contributed by atoms with Gasteiger partial charge in [-0.25, -0.2) is 4.79 Å². The van der Waals surface area contributed by atoms with E-state index in [0.717, 1.165) is 4.47 Å². The predicted molar refractivity (Wildman–Crippen MR) is 60.1 cm³/mol. The number of rotatable bonds is 3. The van der Waals surface area contributed by atoms with Crippen molar-refractivity contribution in [3.63, 3.8) is 0 Å². The van der Waals surface area contributed by atoms with Crippen LogP contribution in [0.3, 0.4) is 0 Å². The van der Waals surface area contributed by atoms with Crippen LogP contribution in [0.15, 0.2) is 22.8 Å². The van der Waals surface area contributed by atoms with Crippen molar-refractivity contribution in [2.24, 2.45) is 5.73 Å². The molecular weight excluding hydrogens is 260 g/mol. The molecule has 0 aromatic carbocycles. The molecule has 82 valence electrons. The first-order valence-corrected chi connectivity index (χ1v) is 5.36. The van der Waals surface area contributed by atoms with E-state index in [0.29, 0.717) is 12.3 Å². The second kappa shape index (κ2) is 4.72. The van der Waals surface area contributed by atoms with Gasteiger partial charge in [-0.3, -0.25) is 4.98 Å². The van der Waals surface area contributed by atoms with Crippen LogP contribution in [0.25, 0.3) is 0 Å². The summed E-state index contributed by atoms with van der Waals surface area (Å²) in [6.07, 6.45) is 1.59. The first-order chi connectivity index (χ1) is 6.98. The molecule has 2 N–H and O–H groups in total. The van der Waals surface area contributed by atoms with Crippen LogP contribution < -0.4 is 5.73 Å². The molecule has 1 aromatic rings. The summed E-state index contributed by atoms with van der Waals surface area (Å²) in [4.78, 5) is 15.6. The first kappa shape index (κ1) is 12.1. The highest BCUT2D eigenvalue weighted by Crippen LogP contribution is 2.20. The van der Waals surface area contributed by atoms with Crippen LogP contribution in [0.4, 0.5) is 0 Å². The minimum absolute atomic E-state index is 0.305. The minimum atomic E-state index is -1.21. The lowest BCUT2D eigenvalue weighted by Gasteiger charge is -2.21.